The largest absolute Gasteiger partial charge is 0.339 e. The number of carbonyl (C=O) groups is 2. The van der Waals surface area contributed by atoms with Gasteiger partial charge in [0, 0.05) is 45.4 Å². The van der Waals surface area contributed by atoms with Gasteiger partial charge in [-0.1, -0.05) is 0 Å². The van der Waals surface area contributed by atoms with Gasteiger partial charge in [-0.25, -0.2) is 0 Å². The fourth-order valence-electron chi connectivity index (χ4n) is 1.69. The van der Waals surface area contributed by atoms with Crippen molar-refractivity contribution in [2.24, 2.45) is 0 Å². The van der Waals surface area contributed by atoms with Gasteiger partial charge >= 0.3 is 0 Å². The molecule has 98 valence electrons. The minimum atomic E-state index is 0.0443. The van der Waals surface area contributed by atoms with E-state index in [1.165, 1.54) is 4.90 Å². The summed E-state index contributed by atoms with van der Waals surface area (Å²) >= 11 is 1.64. The van der Waals surface area contributed by atoms with E-state index in [4.69, 9.17) is 0 Å². The molecule has 17 heavy (non-hydrogen) atoms. The molecule has 0 aromatic rings. The molecular weight excluding hydrogens is 238 g/mol. The average molecular weight is 259 g/mol. The molecule has 5 nitrogen and oxygen atoms in total. The Labute approximate surface area is 107 Å². The zero-order chi connectivity index (χ0) is 12.7. The van der Waals surface area contributed by atoms with Crippen LogP contribution in [0.1, 0.15) is 6.42 Å². The quantitative estimate of drug-likeness (QED) is 0.732. The van der Waals surface area contributed by atoms with E-state index in [0.29, 0.717) is 6.42 Å². The van der Waals surface area contributed by atoms with Crippen LogP contribution in [-0.4, -0.2) is 73.4 Å². The molecule has 0 unspecified atom stereocenters. The van der Waals surface area contributed by atoms with E-state index in [1.54, 1.807) is 18.8 Å². The number of rotatable bonds is 5. The highest BCUT2D eigenvalue weighted by molar-refractivity contribution is 7.98. The molecule has 0 bridgehead atoms. The van der Waals surface area contributed by atoms with Crippen molar-refractivity contribution in [3.05, 3.63) is 0 Å². The Bertz CT molecular complexity index is 267. The average Bonchev–Trinajstić information content (AvgIpc) is 2.36. The van der Waals surface area contributed by atoms with E-state index in [0.717, 1.165) is 31.9 Å². The topological polar surface area (TPSA) is 52.7 Å². The lowest BCUT2D eigenvalue weighted by molar-refractivity contribution is -0.139. The van der Waals surface area contributed by atoms with Crippen LogP contribution in [0.2, 0.25) is 0 Å². The molecule has 0 aliphatic carbocycles. The number of thioether (sulfide) groups is 1. The third kappa shape index (κ3) is 4.95. The molecule has 0 atom stereocenters. The first-order valence-electron chi connectivity index (χ1n) is 5.86. The van der Waals surface area contributed by atoms with Crippen molar-refractivity contribution < 1.29 is 9.59 Å². The molecule has 1 rings (SSSR count). The Morgan fingerprint density at radius 3 is 2.59 bits per heavy atom. The molecule has 6 heteroatoms. The molecule has 0 saturated carbocycles. The highest BCUT2D eigenvalue weighted by Crippen LogP contribution is 2.01. The first kappa shape index (κ1) is 14.3. The number of hydrogen-bond donors (Lipinski definition) is 1. The van der Waals surface area contributed by atoms with Crippen LogP contribution in [0.5, 0.6) is 0 Å². The maximum absolute atomic E-state index is 11.9. The lowest BCUT2D eigenvalue weighted by Gasteiger charge is -2.29. The summed E-state index contributed by atoms with van der Waals surface area (Å²) in [5.41, 5.74) is 0. The predicted octanol–water partition coefficient (Wildman–Crippen LogP) is -0.370. The van der Waals surface area contributed by atoms with Gasteiger partial charge in [-0.05, 0) is 6.26 Å². The minimum absolute atomic E-state index is 0.0443. The van der Waals surface area contributed by atoms with E-state index >= 15 is 0 Å². The molecule has 1 saturated heterocycles. The second kappa shape index (κ2) is 7.55. The summed E-state index contributed by atoms with van der Waals surface area (Å²) in [4.78, 5) is 26.9. The maximum Gasteiger partial charge on any atom is 0.242 e. The molecule has 0 aromatic carbocycles. The second-order valence-electron chi connectivity index (χ2n) is 4.12. The van der Waals surface area contributed by atoms with Crippen LogP contribution in [0.3, 0.4) is 0 Å². The Morgan fingerprint density at radius 1 is 1.35 bits per heavy atom. The minimum Gasteiger partial charge on any atom is -0.339 e. The van der Waals surface area contributed by atoms with Gasteiger partial charge in [0.15, 0.2) is 0 Å². The zero-order valence-electron chi connectivity index (χ0n) is 10.6. The molecule has 0 spiro atoms. The van der Waals surface area contributed by atoms with Crippen LogP contribution >= 0.6 is 11.8 Å². The number of carbonyl (C=O) groups excluding carboxylic acids is 2. The lowest BCUT2D eigenvalue weighted by atomic mass is 10.3. The standard InChI is InChI=1S/C11H21N3O2S/c1-13(10(15)3-8-17-2)9-11(16)14-6-4-12-5-7-14/h12H,3-9H2,1-2H3. The van der Waals surface area contributed by atoms with E-state index in [2.05, 4.69) is 5.32 Å². The fraction of sp³-hybridized carbons (Fsp3) is 0.818. The molecule has 0 aromatic heterocycles. The Morgan fingerprint density at radius 2 is 2.00 bits per heavy atom. The van der Waals surface area contributed by atoms with E-state index in [9.17, 15) is 9.59 Å². The van der Waals surface area contributed by atoms with Crippen molar-refractivity contribution in [3.63, 3.8) is 0 Å². The normalized spacial score (nSPS) is 15.8. The molecule has 1 aliphatic heterocycles. The van der Waals surface area contributed by atoms with Gasteiger partial charge in [-0.2, -0.15) is 11.8 Å². The third-order valence-corrected chi connectivity index (χ3v) is 3.40. The monoisotopic (exact) mass is 259 g/mol. The van der Waals surface area contributed by atoms with Crippen LogP contribution in [0.4, 0.5) is 0 Å². The van der Waals surface area contributed by atoms with E-state index < -0.39 is 0 Å². The van der Waals surface area contributed by atoms with Crippen molar-refractivity contribution in [1.82, 2.24) is 15.1 Å². The lowest BCUT2D eigenvalue weighted by Crippen LogP contribution is -2.49. The molecular formula is C11H21N3O2S. The summed E-state index contributed by atoms with van der Waals surface area (Å²) in [6.45, 7) is 3.37. The fourth-order valence-corrected chi connectivity index (χ4v) is 2.06. The maximum atomic E-state index is 11.9. The van der Waals surface area contributed by atoms with Crippen LogP contribution < -0.4 is 5.32 Å². The summed E-state index contributed by atoms with van der Waals surface area (Å²) < 4.78 is 0. The first-order valence-corrected chi connectivity index (χ1v) is 7.26. The first-order chi connectivity index (χ1) is 8.15. The second-order valence-corrected chi connectivity index (χ2v) is 5.11. The van der Waals surface area contributed by atoms with Gasteiger partial charge in [0.1, 0.15) is 0 Å². The van der Waals surface area contributed by atoms with Gasteiger partial charge in [-0.15, -0.1) is 0 Å². The van der Waals surface area contributed by atoms with Crippen molar-refractivity contribution >= 4 is 23.6 Å². The number of nitrogens with zero attached hydrogens (tertiary/aromatic N) is 2. The van der Waals surface area contributed by atoms with Crippen molar-refractivity contribution in [3.8, 4) is 0 Å². The van der Waals surface area contributed by atoms with Crippen LogP contribution in [0, 0.1) is 0 Å². The highest BCUT2D eigenvalue weighted by atomic mass is 32.2. The highest BCUT2D eigenvalue weighted by Gasteiger charge is 2.19. The van der Waals surface area contributed by atoms with Crippen molar-refractivity contribution in [1.29, 1.82) is 0 Å². The number of likely N-dealkylation sites (N-methyl/N-ethyl adjacent to an activating group) is 1. The van der Waals surface area contributed by atoms with Crippen LogP contribution in [0.25, 0.3) is 0 Å². The van der Waals surface area contributed by atoms with Crippen LogP contribution in [0.15, 0.2) is 0 Å². The SMILES string of the molecule is CSCCC(=O)N(C)CC(=O)N1CCNCC1. The predicted molar refractivity (Wildman–Crippen MR) is 70.1 cm³/mol. The summed E-state index contributed by atoms with van der Waals surface area (Å²) in [7, 11) is 1.70. The van der Waals surface area contributed by atoms with Gasteiger partial charge in [-0.3, -0.25) is 9.59 Å². The molecule has 2 amide bonds. The Kier molecular flexibility index (Phi) is 6.36. The van der Waals surface area contributed by atoms with Gasteiger partial charge in [0.25, 0.3) is 0 Å². The molecule has 0 radical (unpaired) electrons. The van der Waals surface area contributed by atoms with Gasteiger partial charge in [0.2, 0.25) is 11.8 Å². The summed E-state index contributed by atoms with van der Waals surface area (Å²) in [5.74, 6) is 0.902. The van der Waals surface area contributed by atoms with Crippen LogP contribution in [-0.2, 0) is 9.59 Å². The number of piperazine rings is 1. The Balaban J connectivity index is 2.31. The summed E-state index contributed by atoms with van der Waals surface area (Å²) in [6.07, 6.45) is 2.48. The zero-order valence-corrected chi connectivity index (χ0v) is 11.4. The third-order valence-electron chi connectivity index (χ3n) is 2.79. The van der Waals surface area contributed by atoms with E-state index in [-0.39, 0.29) is 18.4 Å². The van der Waals surface area contributed by atoms with Crippen molar-refractivity contribution in [2.45, 2.75) is 6.42 Å². The number of nitrogens with one attached hydrogen (secondary N) is 1. The smallest absolute Gasteiger partial charge is 0.242 e. The molecule has 1 heterocycles. The van der Waals surface area contributed by atoms with E-state index in [1.807, 2.05) is 11.2 Å². The van der Waals surface area contributed by atoms with Crippen molar-refractivity contribution in [2.75, 3.05) is 51.8 Å². The molecule has 1 aliphatic rings. The Hall–Kier alpha value is -0.750. The summed E-state index contributed by atoms with van der Waals surface area (Å²) in [5, 5.41) is 3.20. The summed E-state index contributed by atoms with van der Waals surface area (Å²) in [6, 6.07) is 0. The number of amides is 2. The molecule has 1 fully saturated rings. The van der Waals surface area contributed by atoms with Gasteiger partial charge < -0.3 is 15.1 Å². The van der Waals surface area contributed by atoms with Gasteiger partial charge in [0.05, 0.1) is 6.54 Å². The molecule has 1 N–H and O–H groups in total. The number of hydrogen-bond acceptors (Lipinski definition) is 4.